The van der Waals surface area contributed by atoms with Crippen molar-refractivity contribution in [3.63, 3.8) is 0 Å². The van der Waals surface area contributed by atoms with E-state index in [4.69, 9.17) is 0 Å². The van der Waals surface area contributed by atoms with Gasteiger partial charge in [0.15, 0.2) is 0 Å². The molecule has 0 saturated heterocycles. The molecule has 0 atom stereocenters. The van der Waals surface area contributed by atoms with Gasteiger partial charge >= 0.3 is 0 Å². The maximum atomic E-state index is 11.7. The molecule has 0 aliphatic heterocycles. The van der Waals surface area contributed by atoms with E-state index < -0.39 is 0 Å². The molecular formula is C14H22N2O. The third kappa shape index (κ3) is 4.89. The number of unbranched alkanes of at least 4 members (excludes halogenated alkanes) is 1. The lowest BCUT2D eigenvalue weighted by Gasteiger charge is -2.07. The Morgan fingerprint density at radius 2 is 1.76 bits per heavy atom. The molecule has 17 heavy (non-hydrogen) atoms. The van der Waals surface area contributed by atoms with Crippen LogP contribution in [0.1, 0.15) is 43.5 Å². The van der Waals surface area contributed by atoms with Crippen molar-refractivity contribution >= 4 is 11.6 Å². The summed E-state index contributed by atoms with van der Waals surface area (Å²) in [6.45, 7) is 5.95. The van der Waals surface area contributed by atoms with Gasteiger partial charge in [-0.25, -0.2) is 0 Å². The largest absolute Gasteiger partial charge is 0.385 e. The van der Waals surface area contributed by atoms with Gasteiger partial charge in [-0.3, -0.25) is 4.79 Å². The van der Waals surface area contributed by atoms with Gasteiger partial charge in [0.25, 0.3) is 5.91 Å². The van der Waals surface area contributed by atoms with E-state index in [0.29, 0.717) is 0 Å². The zero-order valence-corrected chi connectivity index (χ0v) is 10.8. The van der Waals surface area contributed by atoms with Crippen LogP contribution in [0, 0.1) is 0 Å². The molecule has 0 saturated carbocycles. The quantitative estimate of drug-likeness (QED) is 0.712. The SMILES string of the molecule is CCCCNC(=O)c1ccc(NCCC)cc1. The number of amides is 1. The number of rotatable bonds is 7. The van der Waals surface area contributed by atoms with Crippen molar-refractivity contribution in [2.24, 2.45) is 0 Å². The molecule has 3 nitrogen and oxygen atoms in total. The van der Waals surface area contributed by atoms with Crippen LogP contribution in [0.2, 0.25) is 0 Å². The van der Waals surface area contributed by atoms with Crippen LogP contribution < -0.4 is 10.6 Å². The van der Waals surface area contributed by atoms with Crippen LogP contribution in [-0.2, 0) is 0 Å². The molecule has 0 heterocycles. The van der Waals surface area contributed by atoms with E-state index in [0.717, 1.165) is 43.6 Å². The Balaban J connectivity index is 2.46. The molecule has 3 heteroatoms. The van der Waals surface area contributed by atoms with Crippen LogP contribution in [0.15, 0.2) is 24.3 Å². The van der Waals surface area contributed by atoms with Crippen molar-refractivity contribution in [1.29, 1.82) is 0 Å². The monoisotopic (exact) mass is 234 g/mol. The summed E-state index contributed by atoms with van der Waals surface area (Å²) in [5.74, 6) is 0.0143. The van der Waals surface area contributed by atoms with E-state index in [1.807, 2.05) is 24.3 Å². The lowest BCUT2D eigenvalue weighted by Crippen LogP contribution is -2.24. The highest BCUT2D eigenvalue weighted by Crippen LogP contribution is 2.09. The fourth-order valence-corrected chi connectivity index (χ4v) is 1.49. The molecule has 0 radical (unpaired) electrons. The maximum absolute atomic E-state index is 11.7. The molecule has 1 amide bonds. The Labute approximate surface area is 104 Å². The summed E-state index contributed by atoms with van der Waals surface area (Å²) in [5.41, 5.74) is 1.79. The van der Waals surface area contributed by atoms with Crippen LogP contribution in [0.4, 0.5) is 5.69 Å². The van der Waals surface area contributed by atoms with Gasteiger partial charge in [0.05, 0.1) is 0 Å². The summed E-state index contributed by atoms with van der Waals surface area (Å²) in [5, 5.41) is 6.18. The second kappa shape index (κ2) is 7.71. The molecule has 0 unspecified atom stereocenters. The van der Waals surface area contributed by atoms with Crippen LogP contribution >= 0.6 is 0 Å². The maximum Gasteiger partial charge on any atom is 0.251 e. The third-order valence-corrected chi connectivity index (χ3v) is 2.54. The predicted molar refractivity (Wildman–Crippen MR) is 72.5 cm³/mol. The molecule has 0 bridgehead atoms. The number of benzene rings is 1. The number of anilines is 1. The van der Waals surface area contributed by atoms with E-state index in [1.54, 1.807) is 0 Å². The van der Waals surface area contributed by atoms with Gasteiger partial charge in [0, 0.05) is 24.3 Å². The zero-order valence-electron chi connectivity index (χ0n) is 10.8. The van der Waals surface area contributed by atoms with Gasteiger partial charge in [-0.2, -0.15) is 0 Å². The average Bonchev–Trinajstić information content (AvgIpc) is 2.37. The van der Waals surface area contributed by atoms with Crippen LogP contribution in [0.25, 0.3) is 0 Å². The van der Waals surface area contributed by atoms with Crippen molar-refractivity contribution in [1.82, 2.24) is 5.32 Å². The molecule has 0 spiro atoms. The van der Waals surface area contributed by atoms with E-state index in [2.05, 4.69) is 24.5 Å². The minimum atomic E-state index is 0.0143. The van der Waals surface area contributed by atoms with Gasteiger partial charge < -0.3 is 10.6 Å². The van der Waals surface area contributed by atoms with Crippen molar-refractivity contribution in [3.8, 4) is 0 Å². The van der Waals surface area contributed by atoms with Crippen molar-refractivity contribution in [2.75, 3.05) is 18.4 Å². The van der Waals surface area contributed by atoms with Gasteiger partial charge in [-0.15, -0.1) is 0 Å². The molecular weight excluding hydrogens is 212 g/mol. The summed E-state index contributed by atoms with van der Waals surface area (Å²) >= 11 is 0. The third-order valence-electron chi connectivity index (χ3n) is 2.54. The number of hydrogen-bond acceptors (Lipinski definition) is 2. The lowest BCUT2D eigenvalue weighted by atomic mass is 10.2. The van der Waals surface area contributed by atoms with Gasteiger partial charge in [0.2, 0.25) is 0 Å². The van der Waals surface area contributed by atoms with E-state index in [9.17, 15) is 4.79 Å². The van der Waals surface area contributed by atoms with Crippen molar-refractivity contribution in [3.05, 3.63) is 29.8 Å². The molecule has 1 aromatic carbocycles. The van der Waals surface area contributed by atoms with E-state index in [-0.39, 0.29) is 5.91 Å². The summed E-state index contributed by atoms with van der Waals surface area (Å²) < 4.78 is 0. The molecule has 1 aromatic rings. The van der Waals surface area contributed by atoms with E-state index in [1.165, 1.54) is 0 Å². The first-order valence-electron chi connectivity index (χ1n) is 6.40. The molecule has 94 valence electrons. The van der Waals surface area contributed by atoms with E-state index >= 15 is 0 Å². The highest BCUT2D eigenvalue weighted by molar-refractivity contribution is 5.94. The summed E-state index contributed by atoms with van der Waals surface area (Å²) in [7, 11) is 0. The van der Waals surface area contributed by atoms with Gasteiger partial charge in [0.1, 0.15) is 0 Å². The Bertz CT molecular complexity index is 333. The minimum absolute atomic E-state index is 0.0143. The molecule has 0 aliphatic carbocycles. The number of carbonyl (C=O) groups excluding carboxylic acids is 1. The number of carbonyl (C=O) groups is 1. The predicted octanol–water partition coefficient (Wildman–Crippen LogP) is 3.04. The smallest absolute Gasteiger partial charge is 0.251 e. The molecule has 0 aliphatic rings. The highest BCUT2D eigenvalue weighted by atomic mass is 16.1. The number of hydrogen-bond donors (Lipinski definition) is 2. The first kappa shape index (κ1) is 13.6. The second-order valence-corrected chi connectivity index (χ2v) is 4.11. The second-order valence-electron chi connectivity index (χ2n) is 4.11. The Kier molecular flexibility index (Phi) is 6.15. The topological polar surface area (TPSA) is 41.1 Å². The summed E-state index contributed by atoms with van der Waals surface area (Å²) in [6.07, 6.45) is 3.22. The first-order valence-corrected chi connectivity index (χ1v) is 6.40. The fourth-order valence-electron chi connectivity index (χ4n) is 1.49. The van der Waals surface area contributed by atoms with Crippen molar-refractivity contribution in [2.45, 2.75) is 33.1 Å². The summed E-state index contributed by atoms with van der Waals surface area (Å²) in [6, 6.07) is 7.62. The number of nitrogens with one attached hydrogen (secondary N) is 2. The van der Waals surface area contributed by atoms with Gasteiger partial charge in [-0.05, 0) is 37.1 Å². The van der Waals surface area contributed by atoms with Gasteiger partial charge in [-0.1, -0.05) is 20.3 Å². The minimum Gasteiger partial charge on any atom is -0.385 e. The Hall–Kier alpha value is -1.51. The fraction of sp³-hybridized carbons (Fsp3) is 0.500. The average molecular weight is 234 g/mol. The van der Waals surface area contributed by atoms with Crippen molar-refractivity contribution < 1.29 is 4.79 Å². The first-order chi connectivity index (χ1) is 8.27. The normalized spacial score (nSPS) is 10.0. The zero-order chi connectivity index (χ0) is 12.5. The highest BCUT2D eigenvalue weighted by Gasteiger charge is 2.03. The van der Waals surface area contributed by atoms with Crippen LogP contribution in [-0.4, -0.2) is 19.0 Å². The Morgan fingerprint density at radius 1 is 1.06 bits per heavy atom. The van der Waals surface area contributed by atoms with Crippen LogP contribution in [0.5, 0.6) is 0 Å². The van der Waals surface area contributed by atoms with Crippen LogP contribution in [0.3, 0.4) is 0 Å². The standard InChI is InChI=1S/C14H22N2O/c1-3-5-11-16-14(17)12-6-8-13(9-7-12)15-10-4-2/h6-9,15H,3-5,10-11H2,1-2H3,(H,16,17). The molecule has 1 rings (SSSR count). The Morgan fingerprint density at radius 3 is 2.35 bits per heavy atom. The lowest BCUT2D eigenvalue weighted by molar-refractivity contribution is 0.0953. The summed E-state index contributed by atoms with van der Waals surface area (Å²) in [4.78, 5) is 11.7. The molecule has 2 N–H and O–H groups in total. The molecule has 0 fully saturated rings. The molecule has 0 aromatic heterocycles.